The Morgan fingerprint density at radius 1 is 1.06 bits per heavy atom. The first-order valence-corrected chi connectivity index (χ1v) is 15.1. The number of halogens is 3. The number of Topliss-reactive ketones (excluding diaryl/α,β-unsaturated/α-hetero) is 1. The molecule has 1 saturated heterocycles. The second kappa shape index (κ2) is 14.9. The molecule has 15 heteroatoms. The van der Waals surface area contributed by atoms with Crippen molar-refractivity contribution < 1.29 is 41.8 Å². The third kappa shape index (κ3) is 9.99. The summed E-state index contributed by atoms with van der Waals surface area (Å²) in [7, 11) is 2.82. The van der Waals surface area contributed by atoms with E-state index in [0.29, 0.717) is 31.4 Å². The molecule has 2 heterocycles. The van der Waals surface area contributed by atoms with Gasteiger partial charge in [0, 0.05) is 32.7 Å². The zero-order valence-electron chi connectivity index (χ0n) is 26.9. The number of nitrogens with zero attached hydrogens (tertiary/aromatic N) is 4. The van der Waals surface area contributed by atoms with Crippen LogP contribution in [0.3, 0.4) is 0 Å². The van der Waals surface area contributed by atoms with Gasteiger partial charge in [0.05, 0.1) is 53.2 Å². The molecular weight excluding hydrogens is 621 g/mol. The number of hydrogen-bond acceptors (Lipinski definition) is 9. The number of rotatable bonds is 11. The lowest BCUT2D eigenvalue weighted by Gasteiger charge is -2.24. The minimum absolute atomic E-state index is 0.142. The van der Waals surface area contributed by atoms with Gasteiger partial charge in [0.1, 0.15) is 5.60 Å². The quantitative estimate of drug-likeness (QED) is 0.188. The fourth-order valence-corrected chi connectivity index (χ4v) is 4.84. The van der Waals surface area contributed by atoms with E-state index < -0.39 is 41.5 Å². The number of carbonyl (C=O) groups excluding carboxylic acids is 3. The molecule has 1 aliphatic heterocycles. The van der Waals surface area contributed by atoms with Crippen molar-refractivity contribution in [2.75, 3.05) is 42.8 Å². The third-order valence-electron chi connectivity index (χ3n) is 6.99. The number of carbonyl (C=O) groups is 3. The predicted octanol–water partition coefficient (Wildman–Crippen LogP) is 6.00. The summed E-state index contributed by atoms with van der Waals surface area (Å²) in [6.07, 6.45) is -1.68. The second-order valence-corrected chi connectivity index (χ2v) is 12.2. The summed E-state index contributed by atoms with van der Waals surface area (Å²) in [6.45, 7) is 5.93. The molecule has 1 atom stereocenters. The number of aromatic nitrogens is 3. The first kappa shape index (κ1) is 35.4. The molecule has 2 amide bonds. The standard InChI is InChI=1S/C32H39F3N6O6/c1-31(2,3)47-30(44)38-25-17-26(40(4)5)23(32(33,34)35)16-24(25)37-28(43)18-27(42)20-9-8-10-21(15-20)41-22(19-36-39-41)12-14-46-29-11-6-7-13-45-29/h8-10,15-17,19,29H,6-7,11-14,18H2,1-5H3,(H,37,43)(H,38,44). The van der Waals surface area contributed by atoms with Crippen molar-refractivity contribution in [2.24, 2.45) is 0 Å². The van der Waals surface area contributed by atoms with E-state index in [1.807, 2.05) is 0 Å². The molecule has 1 unspecified atom stereocenters. The van der Waals surface area contributed by atoms with E-state index in [4.69, 9.17) is 14.2 Å². The van der Waals surface area contributed by atoms with Crippen LogP contribution in [0.15, 0.2) is 42.6 Å². The minimum Gasteiger partial charge on any atom is -0.444 e. The summed E-state index contributed by atoms with van der Waals surface area (Å²) < 4.78 is 60.2. The van der Waals surface area contributed by atoms with Gasteiger partial charge in [-0.1, -0.05) is 17.3 Å². The number of anilines is 3. The van der Waals surface area contributed by atoms with Crippen LogP contribution in [0.25, 0.3) is 5.69 Å². The normalized spacial score (nSPS) is 15.2. The Hall–Kier alpha value is -4.50. The Bertz CT molecular complexity index is 1580. The van der Waals surface area contributed by atoms with Crippen LogP contribution >= 0.6 is 0 Å². The molecule has 0 spiro atoms. The van der Waals surface area contributed by atoms with Crippen LogP contribution in [0.5, 0.6) is 0 Å². The average Bonchev–Trinajstić information content (AvgIpc) is 3.45. The second-order valence-electron chi connectivity index (χ2n) is 12.2. The Balaban J connectivity index is 1.49. The Morgan fingerprint density at radius 2 is 1.81 bits per heavy atom. The largest absolute Gasteiger partial charge is 0.444 e. The number of ether oxygens (including phenoxy) is 3. The zero-order chi connectivity index (χ0) is 34.4. The van der Waals surface area contributed by atoms with Gasteiger partial charge in [-0.05, 0) is 64.3 Å². The van der Waals surface area contributed by atoms with Crippen LogP contribution in [0.4, 0.5) is 35.0 Å². The predicted molar refractivity (Wildman–Crippen MR) is 168 cm³/mol. The number of hydrogen-bond donors (Lipinski definition) is 2. The monoisotopic (exact) mass is 660 g/mol. The summed E-state index contributed by atoms with van der Waals surface area (Å²) in [6, 6.07) is 8.19. The summed E-state index contributed by atoms with van der Waals surface area (Å²) in [5.41, 5.74) is -1.26. The van der Waals surface area contributed by atoms with Crippen molar-refractivity contribution in [1.29, 1.82) is 0 Å². The molecule has 4 rings (SSSR count). The van der Waals surface area contributed by atoms with Gasteiger partial charge in [0.25, 0.3) is 0 Å². The molecule has 1 aliphatic rings. The van der Waals surface area contributed by atoms with E-state index in [0.717, 1.165) is 31.0 Å². The molecule has 0 aliphatic carbocycles. The lowest BCUT2D eigenvalue weighted by Crippen LogP contribution is -2.28. The van der Waals surface area contributed by atoms with E-state index >= 15 is 0 Å². The fourth-order valence-electron chi connectivity index (χ4n) is 4.84. The molecule has 2 aromatic carbocycles. The van der Waals surface area contributed by atoms with E-state index in [1.54, 1.807) is 49.8 Å². The summed E-state index contributed by atoms with van der Waals surface area (Å²) in [4.78, 5) is 40.0. The van der Waals surface area contributed by atoms with E-state index in [-0.39, 0.29) is 28.9 Å². The number of ketones is 1. The van der Waals surface area contributed by atoms with Crippen molar-refractivity contribution in [3.63, 3.8) is 0 Å². The Morgan fingerprint density at radius 3 is 2.47 bits per heavy atom. The summed E-state index contributed by atoms with van der Waals surface area (Å²) in [5.74, 6) is -1.48. The molecule has 0 bridgehead atoms. The molecule has 47 heavy (non-hydrogen) atoms. The van der Waals surface area contributed by atoms with Gasteiger partial charge in [-0.25, -0.2) is 9.48 Å². The van der Waals surface area contributed by atoms with Gasteiger partial charge >= 0.3 is 12.3 Å². The van der Waals surface area contributed by atoms with Gasteiger partial charge in [0.2, 0.25) is 5.91 Å². The molecule has 0 saturated carbocycles. The highest BCUT2D eigenvalue weighted by atomic mass is 19.4. The number of benzene rings is 2. The Labute approximate surface area is 270 Å². The smallest absolute Gasteiger partial charge is 0.418 e. The zero-order valence-corrected chi connectivity index (χ0v) is 26.9. The highest BCUT2D eigenvalue weighted by Crippen LogP contribution is 2.41. The van der Waals surface area contributed by atoms with Gasteiger partial charge in [-0.2, -0.15) is 13.2 Å². The van der Waals surface area contributed by atoms with Crippen molar-refractivity contribution >= 4 is 34.8 Å². The molecule has 1 fully saturated rings. The Kier molecular flexibility index (Phi) is 11.2. The maximum atomic E-state index is 14.0. The van der Waals surface area contributed by atoms with Crippen LogP contribution in [0, 0.1) is 0 Å². The van der Waals surface area contributed by atoms with Gasteiger partial charge in [-0.3, -0.25) is 14.9 Å². The maximum absolute atomic E-state index is 14.0. The van der Waals surface area contributed by atoms with Gasteiger partial charge in [0.15, 0.2) is 12.1 Å². The first-order chi connectivity index (χ1) is 22.1. The molecule has 254 valence electrons. The summed E-state index contributed by atoms with van der Waals surface area (Å²) >= 11 is 0. The first-order valence-electron chi connectivity index (χ1n) is 15.1. The van der Waals surface area contributed by atoms with Crippen molar-refractivity contribution in [3.05, 3.63) is 59.4 Å². The highest BCUT2D eigenvalue weighted by molar-refractivity contribution is 6.12. The van der Waals surface area contributed by atoms with Crippen LogP contribution < -0.4 is 15.5 Å². The van der Waals surface area contributed by atoms with Crippen LogP contribution in [-0.4, -0.2) is 72.0 Å². The third-order valence-corrected chi connectivity index (χ3v) is 6.99. The minimum atomic E-state index is -4.78. The molecule has 0 radical (unpaired) electrons. The van der Waals surface area contributed by atoms with Crippen molar-refractivity contribution in [1.82, 2.24) is 15.0 Å². The summed E-state index contributed by atoms with van der Waals surface area (Å²) in [5, 5.41) is 12.9. The van der Waals surface area contributed by atoms with E-state index in [9.17, 15) is 27.6 Å². The van der Waals surface area contributed by atoms with Crippen LogP contribution in [-0.2, 0) is 31.6 Å². The molecule has 1 aromatic heterocycles. The van der Waals surface area contributed by atoms with Crippen LogP contribution in [0.1, 0.15) is 68.1 Å². The molecular formula is C32H39F3N6O6. The van der Waals surface area contributed by atoms with Crippen molar-refractivity contribution in [2.45, 2.75) is 70.9 Å². The molecule has 3 aromatic rings. The van der Waals surface area contributed by atoms with E-state index in [1.165, 1.54) is 25.1 Å². The highest BCUT2D eigenvalue weighted by Gasteiger charge is 2.36. The van der Waals surface area contributed by atoms with Crippen molar-refractivity contribution in [3.8, 4) is 5.69 Å². The molecule has 2 N–H and O–H groups in total. The number of alkyl halides is 3. The van der Waals surface area contributed by atoms with E-state index in [2.05, 4.69) is 20.9 Å². The SMILES string of the molecule is CN(C)c1cc(NC(=O)OC(C)(C)C)c(NC(=O)CC(=O)c2cccc(-n3nncc3CCOC3CCCCO3)c2)cc1C(F)(F)F. The average molecular weight is 661 g/mol. The van der Waals surface area contributed by atoms with Crippen LogP contribution in [0.2, 0.25) is 0 Å². The van der Waals surface area contributed by atoms with Gasteiger partial charge < -0.3 is 24.4 Å². The topological polar surface area (TPSA) is 137 Å². The molecule has 12 nitrogen and oxygen atoms in total. The fraction of sp³-hybridized carbons (Fsp3) is 0.469. The van der Waals surface area contributed by atoms with Gasteiger partial charge in [-0.15, -0.1) is 5.10 Å². The number of nitrogens with one attached hydrogen (secondary N) is 2. The maximum Gasteiger partial charge on any atom is 0.418 e. The lowest BCUT2D eigenvalue weighted by atomic mass is 10.1. The lowest BCUT2D eigenvalue weighted by molar-refractivity contribution is -0.161. The number of amides is 2.